The molecule has 1 aliphatic heterocycles. The topological polar surface area (TPSA) is 70.4 Å². The van der Waals surface area contributed by atoms with Crippen molar-refractivity contribution in [2.45, 2.75) is 19.9 Å². The van der Waals surface area contributed by atoms with Gasteiger partial charge in [0.25, 0.3) is 5.91 Å². The number of benzene rings is 1. The van der Waals surface area contributed by atoms with Gasteiger partial charge in [-0.25, -0.2) is 8.78 Å². The van der Waals surface area contributed by atoms with Crippen LogP contribution in [-0.2, 0) is 4.79 Å². The lowest BCUT2D eigenvalue weighted by Gasteiger charge is -2.37. The summed E-state index contributed by atoms with van der Waals surface area (Å²) >= 11 is 5.33. The van der Waals surface area contributed by atoms with E-state index in [0.29, 0.717) is 18.0 Å². The number of carbonyl (C=O) groups is 1. The summed E-state index contributed by atoms with van der Waals surface area (Å²) in [7, 11) is 0. The van der Waals surface area contributed by atoms with Gasteiger partial charge in [-0.2, -0.15) is 0 Å². The summed E-state index contributed by atoms with van der Waals surface area (Å²) in [4.78, 5) is 14.6. The van der Waals surface area contributed by atoms with Gasteiger partial charge < -0.3 is 20.1 Å². The third-order valence-electron chi connectivity index (χ3n) is 4.31. The van der Waals surface area contributed by atoms with Crippen molar-refractivity contribution in [2.75, 3.05) is 11.9 Å². The number of carbonyl (C=O) groups excluding carboxylic acids is 1. The first-order valence-corrected chi connectivity index (χ1v) is 8.82. The van der Waals surface area contributed by atoms with Crippen molar-refractivity contribution in [3.05, 3.63) is 71.1 Å². The first kappa shape index (κ1) is 19.7. The van der Waals surface area contributed by atoms with E-state index in [9.17, 15) is 13.6 Å². The summed E-state index contributed by atoms with van der Waals surface area (Å²) in [5, 5.41) is 9.43. The number of hydrogen-bond donors (Lipinski definition) is 2. The molecule has 1 amide bonds. The van der Waals surface area contributed by atoms with Crippen molar-refractivity contribution in [1.29, 1.82) is 0 Å². The summed E-state index contributed by atoms with van der Waals surface area (Å²) in [6.45, 7) is 7.33. The van der Waals surface area contributed by atoms with Crippen LogP contribution in [0.1, 0.15) is 24.3 Å². The van der Waals surface area contributed by atoms with Crippen molar-refractivity contribution < 1.29 is 18.1 Å². The van der Waals surface area contributed by atoms with Crippen molar-refractivity contribution >= 4 is 29.1 Å². The van der Waals surface area contributed by atoms with Gasteiger partial charge in [0.15, 0.2) is 10.9 Å². The standard InChI is InChI=1S/C19H18F2N4O2S/c1-4-8-25-11(3)15(18(26)22-14-9-10(2)27-24-14)17(23-19(25)28)16-12(20)6-5-7-13(16)21/h4-7,9,17H,1,8H2,2-3H3,(H,23,28)(H,22,24,26). The van der Waals surface area contributed by atoms with Crippen LogP contribution in [0.25, 0.3) is 0 Å². The first-order valence-electron chi connectivity index (χ1n) is 8.41. The molecular formula is C19H18F2N4O2S. The van der Waals surface area contributed by atoms with E-state index < -0.39 is 23.6 Å². The fraction of sp³-hybridized carbons (Fsp3) is 0.211. The highest BCUT2D eigenvalue weighted by Crippen LogP contribution is 2.34. The van der Waals surface area contributed by atoms with Crippen LogP contribution in [0.4, 0.5) is 14.6 Å². The summed E-state index contributed by atoms with van der Waals surface area (Å²) in [6.07, 6.45) is 1.61. The molecule has 146 valence electrons. The van der Waals surface area contributed by atoms with Crippen molar-refractivity contribution in [3.63, 3.8) is 0 Å². The molecule has 28 heavy (non-hydrogen) atoms. The SMILES string of the molecule is C=CCN1C(=S)NC(c2c(F)cccc2F)C(C(=O)Nc2cc(C)on2)=C1C. The number of allylic oxidation sites excluding steroid dienone is 1. The van der Waals surface area contributed by atoms with E-state index >= 15 is 0 Å². The van der Waals surface area contributed by atoms with Crippen LogP contribution in [0.15, 0.2) is 52.7 Å². The van der Waals surface area contributed by atoms with Crippen LogP contribution >= 0.6 is 12.2 Å². The molecule has 0 aliphatic carbocycles. The molecule has 0 fully saturated rings. The van der Waals surface area contributed by atoms with Crippen LogP contribution in [0.5, 0.6) is 0 Å². The van der Waals surface area contributed by atoms with Gasteiger partial charge in [0, 0.05) is 18.3 Å². The van der Waals surface area contributed by atoms with E-state index in [4.69, 9.17) is 16.7 Å². The van der Waals surface area contributed by atoms with Gasteiger partial charge in [-0.15, -0.1) is 6.58 Å². The highest BCUT2D eigenvalue weighted by Gasteiger charge is 2.36. The Hall–Kier alpha value is -3.07. The minimum atomic E-state index is -1.11. The van der Waals surface area contributed by atoms with Gasteiger partial charge in [-0.05, 0) is 38.2 Å². The lowest BCUT2D eigenvalue weighted by molar-refractivity contribution is -0.113. The molecule has 0 radical (unpaired) electrons. The summed E-state index contributed by atoms with van der Waals surface area (Å²) in [5.74, 6) is -1.45. The Kier molecular flexibility index (Phi) is 5.55. The first-order chi connectivity index (χ1) is 13.3. The van der Waals surface area contributed by atoms with Crippen LogP contribution in [-0.4, -0.2) is 27.6 Å². The maximum Gasteiger partial charge on any atom is 0.257 e. The van der Waals surface area contributed by atoms with E-state index in [0.717, 1.165) is 12.1 Å². The maximum atomic E-state index is 14.5. The van der Waals surface area contributed by atoms with Crippen LogP contribution in [0, 0.1) is 18.6 Å². The van der Waals surface area contributed by atoms with Gasteiger partial charge in [-0.3, -0.25) is 4.79 Å². The molecule has 1 atom stereocenters. The number of nitrogens with one attached hydrogen (secondary N) is 2. The predicted octanol–water partition coefficient (Wildman–Crippen LogP) is 3.59. The summed E-state index contributed by atoms with van der Waals surface area (Å²) in [6, 6.07) is 3.95. The van der Waals surface area contributed by atoms with E-state index in [1.54, 1.807) is 24.8 Å². The number of anilines is 1. The smallest absolute Gasteiger partial charge is 0.257 e. The Labute approximate surface area is 165 Å². The Balaban J connectivity index is 2.10. The number of hydrogen-bond acceptors (Lipinski definition) is 4. The number of halogens is 2. The highest BCUT2D eigenvalue weighted by atomic mass is 32.1. The molecule has 9 heteroatoms. The largest absolute Gasteiger partial charge is 0.360 e. The monoisotopic (exact) mass is 404 g/mol. The van der Waals surface area contributed by atoms with Crippen molar-refractivity contribution in [2.24, 2.45) is 0 Å². The van der Waals surface area contributed by atoms with Crippen LogP contribution in [0.2, 0.25) is 0 Å². The second-order valence-electron chi connectivity index (χ2n) is 6.19. The third-order valence-corrected chi connectivity index (χ3v) is 4.65. The lowest BCUT2D eigenvalue weighted by atomic mass is 9.93. The number of aryl methyl sites for hydroxylation is 1. The molecule has 2 heterocycles. The molecule has 1 aromatic heterocycles. The van der Waals surface area contributed by atoms with E-state index in [1.807, 2.05) is 0 Å². The zero-order valence-electron chi connectivity index (χ0n) is 15.3. The predicted molar refractivity (Wildman–Crippen MR) is 104 cm³/mol. The van der Waals surface area contributed by atoms with Gasteiger partial charge in [0.1, 0.15) is 17.4 Å². The number of aromatic nitrogens is 1. The number of rotatable bonds is 5. The molecule has 3 rings (SSSR count). The van der Waals surface area contributed by atoms with Crippen LogP contribution < -0.4 is 10.6 Å². The normalized spacial score (nSPS) is 16.8. The average Bonchev–Trinajstić information content (AvgIpc) is 3.03. The second kappa shape index (κ2) is 7.89. The van der Waals surface area contributed by atoms with Crippen molar-refractivity contribution in [3.8, 4) is 0 Å². The molecule has 2 aromatic rings. The summed E-state index contributed by atoms with van der Waals surface area (Å²) < 4.78 is 33.9. The fourth-order valence-corrected chi connectivity index (χ4v) is 3.37. The van der Waals surface area contributed by atoms with Crippen molar-refractivity contribution in [1.82, 2.24) is 15.4 Å². The van der Waals surface area contributed by atoms with E-state index in [1.165, 1.54) is 12.1 Å². The Morgan fingerprint density at radius 2 is 2.11 bits per heavy atom. The molecule has 0 bridgehead atoms. The minimum Gasteiger partial charge on any atom is -0.360 e. The maximum absolute atomic E-state index is 14.5. The van der Waals surface area contributed by atoms with E-state index in [2.05, 4.69) is 22.4 Å². The Bertz CT molecular complexity index is 966. The highest BCUT2D eigenvalue weighted by molar-refractivity contribution is 7.80. The molecule has 1 unspecified atom stereocenters. The number of thiocarbonyl (C=S) groups is 1. The quantitative estimate of drug-likeness (QED) is 0.586. The van der Waals surface area contributed by atoms with E-state index in [-0.39, 0.29) is 22.1 Å². The Morgan fingerprint density at radius 3 is 2.68 bits per heavy atom. The van der Waals surface area contributed by atoms with Gasteiger partial charge >= 0.3 is 0 Å². The molecule has 1 aliphatic rings. The Morgan fingerprint density at radius 1 is 1.43 bits per heavy atom. The minimum absolute atomic E-state index is 0.111. The summed E-state index contributed by atoms with van der Waals surface area (Å²) in [5.41, 5.74) is 0.276. The average molecular weight is 404 g/mol. The molecule has 1 aromatic carbocycles. The van der Waals surface area contributed by atoms with Gasteiger partial charge in [0.05, 0.1) is 17.2 Å². The van der Waals surface area contributed by atoms with Gasteiger partial charge in [-0.1, -0.05) is 17.3 Å². The molecule has 6 nitrogen and oxygen atoms in total. The third kappa shape index (κ3) is 3.65. The molecular weight excluding hydrogens is 386 g/mol. The molecule has 0 saturated heterocycles. The van der Waals surface area contributed by atoms with Gasteiger partial charge in [0.2, 0.25) is 0 Å². The molecule has 0 spiro atoms. The zero-order valence-corrected chi connectivity index (χ0v) is 16.1. The van der Waals surface area contributed by atoms with Crippen LogP contribution in [0.3, 0.4) is 0 Å². The molecule has 2 N–H and O–H groups in total. The zero-order chi connectivity index (χ0) is 20.4. The molecule has 0 saturated carbocycles. The second-order valence-corrected chi connectivity index (χ2v) is 6.58. The number of nitrogens with zero attached hydrogens (tertiary/aromatic N) is 2. The lowest BCUT2D eigenvalue weighted by Crippen LogP contribution is -2.48. The fourth-order valence-electron chi connectivity index (χ4n) is 3.04. The number of amides is 1.